The molecule has 4 N–H and O–H groups in total. The lowest BCUT2D eigenvalue weighted by Crippen LogP contribution is -2.41. The van der Waals surface area contributed by atoms with E-state index in [0.717, 1.165) is 25.0 Å². The van der Waals surface area contributed by atoms with Gasteiger partial charge in [-0.15, -0.1) is 11.6 Å². The number of benzene rings is 2. The molecule has 2 amide bonds. The van der Waals surface area contributed by atoms with Crippen molar-refractivity contribution in [2.75, 3.05) is 24.7 Å². The summed E-state index contributed by atoms with van der Waals surface area (Å²) in [5.74, 6) is -1.52. The van der Waals surface area contributed by atoms with Crippen LogP contribution in [0.2, 0.25) is 0 Å². The van der Waals surface area contributed by atoms with E-state index in [9.17, 15) is 18.4 Å². The second-order valence-corrected chi connectivity index (χ2v) is 8.93. The molecular weight excluding hydrogens is 492 g/mol. The van der Waals surface area contributed by atoms with Crippen molar-refractivity contribution in [2.45, 2.75) is 31.7 Å². The summed E-state index contributed by atoms with van der Waals surface area (Å²) in [5.41, 5.74) is 12.9. The number of carbonyl (C=O) groups is 2. The van der Waals surface area contributed by atoms with Crippen LogP contribution < -0.4 is 16.2 Å². The maximum atomic E-state index is 13.9. The van der Waals surface area contributed by atoms with E-state index in [1.807, 2.05) is 0 Å². The molecule has 0 saturated carbocycles. The number of piperidine rings is 1. The highest BCUT2D eigenvalue weighted by Gasteiger charge is 2.30. The second kappa shape index (κ2) is 10.9. The van der Waals surface area contributed by atoms with Crippen LogP contribution in [0.15, 0.2) is 42.5 Å². The summed E-state index contributed by atoms with van der Waals surface area (Å²) in [6.07, 6.45) is 2.48. The molecule has 1 aromatic heterocycles. The average molecular weight is 518 g/mol. The Balaban J connectivity index is 1.58. The Morgan fingerprint density at radius 1 is 1.17 bits per heavy atom. The number of ether oxygens (including phenoxy) is 1. The summed E-state index contributed by atoms with van der Waals surface area (Å²) < 4.78 is 34.1. The van der Waals surface area contributed by atoms with E-state index in [4.69, 9.17) is 27.8 Å². The zero-order chi connectivity index (χ0) is 25.8. The fraction of sp³-hybridized carbons (Fsp3) is 0.320. The van der Waals surface area contributed by atoms with Gasteiger partial charge in [0.25, 0.3) is 5.91 Å². The van der Waals surface area contributed by atoms with Crippen LogP contribution in [0.4, 0.5) is 14.6 Å². The van der Waals surface area contributed by atoms with E-state index >= 15 is 0 Å². The first-order valence-electron chi connectivity index (χ1n) is 11.5. The van der Waals surface area contributed by atoms with Gasteiger partial charge in [-0.1, -0.05) is 0 Å². The van der Waals surface area contributed by atoms with Crippen molar-refractivity contribution < 1.29 is 23.1 Å². The molecule has 190 valence electrons. The molecule has 2 heterocycles. The Hall–Kier alpha value is -3.66. The molecule has 0 aliphatic carbocycles. The number of nitrogens with two attached hydrogens (primary N) is 2. The molecule has 4 rings (SSSR count). The predicted molar refractivity (Wildman–Crippen MR) is 132 cm³/mol. The number of amides is 2. The number of nitrogens with zero attached hydrogens (tertiary/aromatic N) is 3. The second-order valence-electron chi connectivity index (χ2n) is 8.55. The third-order valence-electron chi connectivity index (χ3n) is 6.06. The monoisotopic (exact) mass is 517 g/mol. The first-order chi connectivity index (χ1) is 17.3. The molecule has 0 unspecified atom stereocenters. The van der Waals surface area contributed by atoms with Crippen LogP contribution in [-0.4, -0.2) is 45.5 Å². The van der Waals surface area contributed by atoms with Crippen LogP contribution in [-0.2, 0) is 4.79 Å². The number of primary amides is 1. The van der Waals surface area contributed by atoms with E-state index in [0.29, 0.717) is 48.8 Å². The molecule has 0 radical (unpaired) electrons. The lowest BCUT2D eigenvalue weighted by Gasteiger charge is -2.33. The standard InChI is InChI=1S/C25H26ClF2N5O3/c26-11-1-4-21(34)32-12-2-3-17(14-32)33-24(29)22(25(30)35)23(31-33)15-5-8-18(9-6-15)36-20-10-7-16(27)13-19(20)28/h5-10,13,17H,1-4,11-12,14,29H2,(H2,30,35)/t17-/m1/s1. The third-order valence-corrected chi connectivity index (χ3v) is 6.33. The number of carbonyl (C=O) groups excluding carboxylic acids is 2. The fourth-order valence-corrected chi connectivity index (χ4v) is 4.43. The number of rotatable bonds is 8. The van der Waals surface area contributed by atoms with Gasteiger partial charge in [-0.05, 0) is 55.7 Å². The molecule has 0 bridgehead atoms. The number of hydrogen-bond acceptors (Lipinski definition) is 5. The Kier molecular flexibility index (Phi) is 7.73. The molecule has 1 saturated heterocycles. The predicted octanol–water partition coefficient (Wildman–Crippen LogP) is 4.48. The molecule has 1 atom stereocenters. The maximum Gasteiger partial charge on any atom is 0.254 e. The Labute approximate surface area is 211 Å². The summed E-state index contributed by atoms with van der Waals surface area (Å²) in [6, 6.07) is 9.21. The number of aromatic nitrogens is 2. The first-order valence-corrected chi connectivity index (χ1v) is 12.1. The molecular formula is C25H26ClF2N5O3. The van der Waals surface area contributed by atoms with Crippen LogP contribution in [0.25, 0.3) is 11.3 Å². The molecule has 1 aliphatic heterocycles. The minimum Gasteiger partial charge on any atom is -0.454 e. The summed E-state index contributed by atoms with van der Waals surface area (Å²) in [5, 5.41) is 4.61. The minimum atomic E-state index is -0.829. The van der Waals surface area contributed by atoms with Gasteiger partial charge in [-0.25, -0.2) is 13.5 Å². The summed E-state index contributed by atoms with van der Waals surface area (Å²) in [7, 11) is 0. The first kappa shape index (κ1) is 25.4. The molecule has 1 aliphatic rings. The van der Waals surface area contributed by atoms with Crippen LogP contribution >= 0.6 is 11.6 Å². The molecule has 2 aromatic carbocycles. The van der Waals surface area contributed by atoms with Gasteiger partial charge in [0.1, 0.15) is 28.6 Å². The van der Waals surface area contributed by atoms with Gasteiger partial charge < -0.3 is 21.1 Å². The van der Waals surface area contributed by atoms with Gasteiger partial charge in [0, 0.05) is 37.0 Å². The lowest BCUT2D eigenvalue weighted by atomic mass is 10.0. The highest BCUT2D eigenvalue weighted by Crippen LogP contribution is 2.34. The van der Waals surface area contributed by atoms with Crippen molar-refractivity contribution in [1.29, 1.82) is 0 Å². The smallest absolute Gasteiger partial charge is 0.254 e. The van der Waals surface area contributed by atoms with Gasteiger partial charge in [0.2, 0.25) is 5.91 Å². The Morgan fingerprint density at radius 2 is 1.92 bits per heavy atom. The number of anilines is 1. The van der Waals surface area contributed by atoms with Crippen molar-refractivity contribution in [1.82, 2.24) is 14.7 Å². The SMILES string of the molecule is NC(=O)c1c(-c2ccc(Oc3ccc(F)cc3F)cc2)nn([C@@H]2CCCN(C(=O)CCCCl)C2)c1N. The van der Waals surface area contributed by atoms with Crippen LogP contribution in [0.5, 0.6) is 11.5 Å². The zero-order valence-electron chi connectivity index (χ0n) is 19.4. The molecule has 36 heavy (non-hydrogen) atoms. The van der Waals surface area contributed by atoms with Gasteiger partial charge in [-0.2, -0.15) is 5.10 Å². The van der Waals surface area contributed by atoms with E-state index in [-0.39, 0.29) is 29.1 Å². The number of nitrogen functional groups attached to an aromatic ring is 1. The largest absolute Gasteiger partial charge is 0.454 e. The van der Waals surface area contributed by atoms with Crippen LogP contribution in [0, 0.1) is 11.6 Å². The zero-order valence-corrected chi connectivity index (χ0v) is 20.2. The molecule has 11 heteroatoms. The average Bonchev–Trinajstić information content (AvgIpc) is 3.22. The minimum absolute atomic E-state index is 0.0228. The van der Waals surface area contributed by atoms with E-state index in [1.165, 1.54) is 6.07 Å². The van der Waals surface area contributed by atoms with Crippen molar-refractivity contribution >= 4 is 29.2 Å². The number of alkyl halides is 1. The third kappa shape index (κ3) is 5.43. The lowest BCUT2D eigenvalue weighted by molar-refractivity contribution is -0.132. The Bertz CT molecular complexity index is 1270. The summed E-state index contributed by atoms with van der Waals surface area (Å²) in [4.78, 5) is 26.6. The van der Waals surface area contributed by atoms with Crippen molar-refractivity contribution in [3.05, 3.63) is 59.7 Å². The van der Waals surface area contributed by atoms with Crippen molar-refractivity contribution in [2.24, 2.45) is 5.73 Å². The quantitative estimate of drug-likeness (QED) is 0.427. The fourth-order valence-electron chi connectivity index (χ4n) is 4.29. The van der Waals surface area contributed by atoms with Gasteiger partial charge >= 0.3 is 0 Å². The van der Waals surface area contributed by atoms with Gasteiger partial charge in [0.05, 0.1) is 6.04 Å². The highest BCUT2D eigenvalue weighted by molar-refractivity contribution is 6.17. The maximum absolute atomic E-state index is 13.9. The van der Waals surface area contributed by atoms with Crippen molar-refractivity contribution in [3.8, 4) is 22.8 Å². The highest BCUT2D eigenvalue weighted by atomic mass is 35.5. The molecule has 0 spiro atoms. The molecule has 1 fully saturated rings. The number of hydrogen-bond donors (Lipinski definition) is 2. The topological polar surface area (TPSA) is 116 Å². The molecule has 3 aromatic rings. The van der Waals surface area contributed by atoms with Crippen LogP contribution in [0.1, 0.15) is 42.1 Å². The van der Waals surface area contributed by atoms with Gasteiger partial charge in [-0.3, -0.25) is 9.59 Å². The number of likely N-dealkylation sites (tertiary alicyclic amines) is 1. The van der Waals surface area contributed by atoms with E-state index < -0.39 is 17.5 Å². The van der Waals surface area contributed by atoms with Gasteiger partial charge in [0.15, 0.2) is 11.6 Å². The van der Waals surface area contributed by atoms with E-state index in [2.05, 4.69) is 5.10 Å². The number of halogens is 3. The van der Waals surface area contributed by atoms with Crippen molar-refractivity contribution in [3.63, 3.8) is 0 Å². The molecule has 8 nitrogen and oxygen atoms in total. The summed E-state index contributed by atoms with van der Waals surface area (Å²) in [6.45, 7) is 1.06. The van der Waals surface area contributed by atoms with E-state index in [1.54, 1.807) is 33.8 Å². The summed E-state index contributed by atoms with van der Waals surface area (Å²) >= 11 is 5.72. The Morgan fingerprint density at radius 3 is 2.58 bits per heavy atom. The van der Waals surface area contributed by atoms with Crippen LogP contribution in [0.3, 0.4) is 0 Å². The normalized spacial score (nSPS) is 15.6.